The molecular weight excluding hydrogens is 283 g/mol. The molecule has 1 atom stereocenters. The lowest BCUT2D eigenvalue weighted by Crippen LogP contribution is -2.30. The molecule has 1 unspecified atom stereocenters. The number of hydrogen-bond donors (Lipinski definition) is 1. The van der Waals surface area contributed by atoms with Crippen molar-refractivity contribution in [3.05, 3.63) is 27.8 Å². The van der Waals surface area contributed by atoms with Crippen LogP contribution in [-0.2, 0) is 12.8 Å². The lowest BCUT2D eigenvalue weighted by atomic mass is 10.2. The first-order chi connectivity index (χ1) is 8.84. The number of aromatic nitrogens is 3. The minimum Gasteiger partial charge on any atom is -0.383 e. The Bertz CT molecular complexity index is 552. The van der Waals surface area contributed by atoms with Crippen LogP contribution in [0.1, 0.15) is 22.4 Å². The quantitative estimate of drug-likeness (QED) is 0.932. The molecule has 0 bridgehead atoms. The Balaban J connectivity index is 1.99. The number of rotatable bonds is 4. The lowest BCUT2D eigenvalue weighted by Gasteiger charge is -2.11. The van der Waals surface area contributed by atoms with Crippen LogP contribution in [0.5, 0.6) is 0 Å². The molecule has 0 aliphatic carbocycles. The molecule has 5 nitrogen and oxygen atoms in total. The minimum absolute atomic E-state index is 0.244. The summed E-state index contributed by atoms with van der Waals surface area (Å²) in [5.41, 5.74) is 0.728. The first kappa shape index (κ1) is 13.9. The molecule has 0 amide bonds. The summed E-state index contributed by atoms with van der Waals surface area (Å²) in [5.74, 6) is 0.00134. The summed E-state index contributed by atoms with van der Waals surface area (Å²) in [7, 11) is 0. The fraction of sp³-hybridized carbons (Fsp3) is 0.500. The van der Waals surface area contributed by atoms with Gasteiger partial charge in [-0.05, 0) is 6.92 Å². The van der Waals surface area contributed by atoms with E-state index in [1.807, 2.05) is 12.3 Å². The standard InChI is InChI=1S/C10H10F3N3O2S/c1-5-14-6(4-19-5)2-8-15-9(18-16-8)3-7(17)10(11,12)13/h4,7,17H,2-3H2,1H3. The average Bonchev–Trinajstić information content (AvgIpc) is 2.88. The Morgan fingerprint density at radius 1 is 1.42 bits per heavy atom. The monoisotopic (exact) mass is 293 g/mol. The fourth-order valence-corrected chi connectivity index (χ4v) is 1.99. The summed E-state index contributed by atoms with van der Waals surface area (Å²) in [6.07, 6.45) is -7.65. The van der Waals surface area contributed by atoms with Crippen molar-refractivity contribution in [3.63, 3.8) is 0 Å². The molecule has 0 fully saturated rings. The Morgan fingerprint density at radius 3 is 2.74 bits per heavy atom. The van der Waals surface area contributed by atoms with E-state index in [1.165, 1.54) is 11.3 Å². The number of aliphatic hydroxyl groups is 1. The van der Waals surface area contributed by atoms with E-state index in [-0.39, 0.29) is 18.1 Å². The van der Waals surface area contributed by atoms with Gasteiger partial charge < -0.3 is 9.63 Å². The number of nitrogens with zero attached hydrogens (tertiary/aromatic N) is 3. The van der Waals surface area contributed by atoms with Crippen LogP contribution in [0.3, 0.4) is 0 Å². The number of hydrogen-bond acceptors (Lipinski definition) is 6. The molecule has 0 spiro atoms. The summed E-state index contributed by atoms with van der Waals surface area (Å²) >= 11 is 1.46. The molecule has 0 aliphatic heterocycles. The number of aryl methyl sites for hydroxylation is 1. The van der Waals surface area contributed by atoms with Gasteiger partial charge in [-0.2, -0.15) is 18.2 Å². The van der Waals surface area contributed by atoms with Crippen molar-refractivity contribution in [2.75, 3.05) is 0 Å². The molecular formula is C10H10F3N3O2S. The number of halogens is 3. The van der Waals surface area contributed by atoms with Gasteiger partial charge in [0.25, 0.3) is 0 Å². The van der Waals surface area contributed by atoms with E-state index in [9.17, 15) is 13.2 Å². The van der Waals surface area contributed by atoms with E-state index in [1.54, 1.807) is 0 Å². The van der Waals surface area contributed by atoms with E-state index in [4.69, 9.17) is 5.11 Å². The first-order valence-corrected chi connectivity index (χ1v) is 6.20. The van der Waals surface area contributed by atoms with Crippen molar-refractivity contribution < 1.29 is 22.8 Å². The van der Waals surface area contributed by atoms with E-state index in [0.29, 0.717) is 0 Å². The van der Waals surface area contributed by atoms with E-state index in [2.05, 4.69) is 19.6 Å². The van der Waals surface area contributed by atoms with Gasteiger partial charge in [0.05, 0.1) is 23.5 Å². The summed E-state index contributed by atoms with van der Waals surface area (Å²) in [5, 5.41) is 15.1. The fourth-order valence-electron chi connectivity index (χ4n) is 1.38. The molecule has 0 radical (unpaired) electrons. The SMILES string of the molecule is Cc1nc(Cc2noc(CC(O)C(F)(F)F)n2)cs1. The van der Waals surface area contributed by atoms with Crippen LogP contribution in [0, 0.1) is 6.92 Å². The zero-order chi connectivity index (χ0) is 14.0. The zero-order valence-electron chi connectivity index (χ0n) is 9.81. The van der Waals surface area contributed by atoms with Crippen LogP contribution >= 0.6 is 11.3 Å². The van der Waals surface area contributed by atoms with Crippen LogP contribution in [0.4, 0.5) is 13.2 Å². The van der Waals surface area contributed by atoms with Gasteiger partial charge in [0.2, 0.25) is 5.89 Å². The van der Waals surface area contributed by atoms with Crippen molar-refractivity contribution in [3.8, 4) is 0 Å². The van der Waals surface area contributed by atoms with Crippen molar-refractivity contribution >= 4 is 11.3 Å². The topological polar surface area (TPSA) is 72.0 Å². The second-order valence-corrected chi connectivity index (χ2v) is 4.96. The van der Waals surface area contributed by atoms with Gasteiger partial charge in [-0.1, -0.05) is 5.16 Å². The predicted octanol–water partition coefficient (Wildman–Crippen LogP) is 1.89. The van der Waals surface area contributed by atoms with Crippen molar-refractivity contribution in [1.29, 1.82) is 0 Å². The molecule has 0 aliphatic rings. The van der Waals surface area contributed by atoms with Gasteiger partial charge in [0, 0.05) is 5.38 Å². The molecule has 104 valence electrons. The zero-order valence-corrected chi connectivity index (χ0v) is 10.6. The summed E-state index contributed by atoms with van der Waals surface area (Å²) in [6, 6.07) is 0. The van der Waals surface area contributed by atoms with Crippen LogP contribution < -0.4 is 0 Å². The number of alkyl halides is 3. The van der Waals surface area contributed by atoms with Gasteiger partial charge in [-0.3, -0.25) is 0 Å². The van der Waals surface area contributed by atoms with Crippen molar-refractivity contribution in [2.45, 2.75) is 32.0 Å². The lowest BCUT2D eigenvalue weighted by molar-refractivity contribution is -0.204. The maximum absolute atomic E-state index is 12.1. The molecule has 2 aromatic heterocycles. The third-order valence-electron chi connectivity index (χ3n) is 2.26. The van der Waals surface area contributed by atoms with Gasteiger partial charge in [0.1, 0.15) is 0 Å². The second kappa shape index (κ2) is 5.25. The van der Waals surface area contributed by atoms with Crippen LogP contribution in [0.15, 0.2) is 9.90 Å². The summed E-state index contributed by atoms with van der Waals surface area (Å²) in [6.45, 7) is 1.84. The Hall–Kier alpha value is -1.48. The molecule has 9 heteroatoms. The first-order valence-electron chi connectivity index (χ1n) is 5.32. The summed E-state index contributed by atoms with van der Waals surface area (Å²) < 4.78 is 41.1. The Labute approximate surface area is 110 Å². The van der Waals surface area contributed by atoms with Crippen LogP contribution in [0.25, 0.3) is 0 Å². The average molecular weight is 293 g/mol. The largest absolute Gasteiger partial charge is 0.414 e. The molecule has 2 heterocycles. The molecule has 1 N–H and O–H groups in total. The smallest absolute Gasteiger partial charge is 0.383 e. The normalized spacial score (nSPS) is 13.7. The van der Waals surface area contributed by atoms with Crippen molar-refractivity contribution in [2.24, 2.45) is 0 Å². The van der Waals surface area contributed by atoms with Gasteiger partial charge in [0.15, 0.2) is 11.9 Å². The highest BCUT2D eigenvalue weighted by Crippen LogP contribution is 2.22. The highest BCUT2D eigenvalue weighted by atomic mass is 32.1. The minimum atomic E-state index is -4.69. The summed E-state index contributed by atoms with van der Waals surface area (Å²) in [4.78, 5) is 7.98. The molecule has 2 aromatic rings. The molecule has 2 rings (SSSR count). The van der Waals surface area contributed by atoms with E-state index >= 15 is 0 Å². The third-order valence-corrected chi connectivity index (χ3v) is 3.08. The molecule has 0 saturated heterocycles. The van der Waals surface area contributed by atoms with E-state index < -0.39 is 18.7 Å². The molecule has 19 heavy (non-hydrogen) atoms. The maximum atomic E-state index is 12.1. The molecule has 0 aromatic carbocycles. The van der Waals surface area contributed by atoms with Gasteiger partial charge >= 0.3 is 6.18 Å². The highest BCUT2D eigenvalue weighted by molar-refractivity contribution is 7.09. The number of thiazole rings is 1. The van der Waals surface area contributed by atoms with E-state index in [0.717, 1.165) is 10.7 Å². The van der Waals surface area contributed by atoms with Crippen molar-refractivity contribution in [1.82, 2.24) is 15.1 Å². The van der Waals surface area contributed by atoms with Gasteiger partial charge in [-0.25, -0.2) is 4.98 Å². The van der Waals surface area contributed by atoms with Crippen LogP contribution in [0.2, 0.25) is 0 Å². The van der Waals surface area contributed by atoms with Crippen LogP contribution in [-0.4, -0.2) is 32.5 Å². The Morgan fingerprint density at radius 2 is 2.16 bits per heavy atom. The Kier molecular flexibility index (Phi) is 3.85. The predicted molar refractivity (Wildman–Crippen MR) is 59.7 cm³/mol. The molecule has 0 saturated carbocycles. The second-order valence-electron chi connectivity index (χ2n) is 3.90. The highest BCUT2D eigenvalue weighted by Gasteiger charge is 2.39. The number of aliphatic hydroxyl groups excluding tert-OH is 1. The third kappa shape index (κ3) is 3.74. The maximum Gasteiger partial charge on any atom is 0.414 e. The van der Waals surface area contributed by atoms with Gasteiger partial charge in [-0.15, -0.1) is 11.3 Å².